The molecular formula is C35H41N5O7. The van der Waals surface area contributed by atoms with Crippen LogP contribution in [0.15, 0.2) is 78.9 Å². The van der Waals surface area contributed by atoms with Crippen molar-refractivity contribution in [1.29, 1.82) is 0 Å². The Labute approximate surface area is 273 Å². The summed E-state index contributed by atoms with van der Waals surface area (Å²) in [6.07, 6.45) is -1.79. The van der Waals surface area contributed by atoms with Gasteiger partial charge in [0.1, 0.15) is 31.4 Å². The Bertz CT molecular complexity index is 1550. The minimum Gasteiger partial charge on any atom is -0.480 e. The first-order valence-corrected chi connectivity index (χ1v) is 15.5. The molecule has 0 aromatic heterocycles. The minimum atomic E-state index is -1.22. The maximum absolute atomic E-state index is 13.6. The van der Waals surface area contributed by atoms with Crippen molar-refractivity contribution in [2.24, 2.45) is 11.8 Å². The van der Waals surface area contributed by atoms with E-state index < -0.39 is 54.7 Å². The number of urea groups is 1. The van der Waals surface area contributed by atoms with E-state index in [1.807, 2.05) is 48.5 Å². The number of ether oxygens (including phenoxy) is 1. The molecule has 47 heavy (non-hydrogen) atoms. The fraction of sp³-hybridized carbons (Fsp3) is 0.343. The van der Waals surface area contributed by atoms with Crippen LogP contribution >= 0.6 is 0 Å². The molecule has 3 aromatic carbocycles. The van der Waals surface area contributed by atoms with E-state index in [2.05, 4.69) is 26.6 Å². The number of rotatable bonds is 13. The zero-order valence-electron chi connectivity index (χ0n) is 26.8. The second kappa shape index (κ2) is 15.7. The summed E-state index contributed by atoms with van der Waals surface area (Å²) in [6, 6.07) is 21.8. The van der Waals surface area contributed by atoms with Crippen molar-refractivity contribution < 1.29 is 33.8 Å². The highest BCUT2D eigenvalue weighted by Crippen LogP contribution is 2.44. The summed E-state index contributed by atoms with van der Waals surface area (Å²) in [6.45, 7) is 6.43. The average Bonchev–Trinajstić information content (AvgIpc) is 3.37. The van der Waals surface area contributed by atoms with Crippen LogP contribution in [0.5, 0.6) is 0 Å². The SMILES string of the molecule is CC(C)[C@H](NC(=O)N[C@@H](NC(=O)[C@@H](NC(=O)OCC1c2ccccc2-c2ccccc21)C(C)C)c1ccccc1)C(=O)NCC(=O)O. The molecule has 6 N–H and O–H groups in total. The lowest BCUT2D eigenvalue weighted by molar-refractivity contribution is -0.138. The first-order chi connectivity index (χ1) is 22.5. The summed E-state index contributed by atoms with van der Waals surface area (Å²) in [7, 11) is 0. The molecule has 5 amide bonds. The largest absolute Gasteiger partial charge is 0.480 e. The fourth-order valence-electron chi connectivity index (χ4n) is 5.50. The van der Waals surface area contributed by atoms with E-state index in [1.165, 1.54) is 0 Å². The molecule has 12 nitrogen and oxygen atoms in total. The third kappa shape index (κ3) is 8.87. The predicted molar refractivity (Wildman–Crippen MR) is 175 cm³/mol. The molecule has 1 aliphatic carbocycles. The molecule has 0 bridgehead atoms. The van der Waals surface area contributed by atoms with E-state index in [-0.39, 0.29) is 24.4 Å². The Hall–Kier alpha value is -5.39. The Morgan fingerprint density at radius 1 is 0.681 bits per heavy atom. The average molecular weight is 644 g/mol. The zero-order valence-corrected chi connectivity index (χ0v) is 26.8. The van der Waals surface area contributed by atoms with Crippen LogP contribution in [0.25, 0.3) is 11.1 Å². The van der Waals surface area contributed by atoms with Crippen LogP contribution in [0.4, 0.5) is 9.59 Å². The summed E-state index contributed by atoms with van der Waals surface area (Å²) >= 11 is 0. The lowest BCUT2D eigenvalue weighted by atomic mass is 9.98. The van der Waals surface area contributed by atoms with Gasteiger partial charge in [-0.15, -0.1) is 0 Å². The van der Waals surface area contributed by atoms with E-state index in [1.54, 1.807) is 58.0 Å². The van der Waals surface area contributed by atoms with Crippen LogP contribution in [0.2, 0.25) is 0 Å². The van der Waals surface area contributed by atoms with Gasteiger partial charge in [-0.25, -0.2) is 9.59 Å². The molecule has 3 atom stereocenters. The van der Waals surface area contributed by atoms with Crippen molar-refractivity contribution in [2.45, 2.75) is 51.9 Å². The molecule has 0 saturated carbocycles. The molecule has 3 aromatic rings. The summed E-state index contributed by atoms with van der Waals surface area (Å²) in [5.74, 6) is -3.31. The Kier molecular flexibility index (Phi) is 11.6. The van der Waals surface area contributed by atoms with Gasteiger partial charge in [-0.3, -0.25) is 14.4 Å². The van der Waals surface area contributed by atoms with E-state index >= 15 is 0 Å². The molecule has 0 aliphatic heterocycles. The number of benzene rings is 3. The number of amides is 5. The first kappa shape index (κ1) is 34.5. The van der Waals surface area contributed by atoms with E-state index in [0.29, 0.717) is 5.56 Å². The molecular weight excluding hydrogens is 602 g/mol. The second-order valence-corrected chi connectivity index (χ2v) is 12.0. The van der Waals surface area contributed by atoms with Crippen molar-refractivity contribution in [3.8, 4) is 11.1 Å². The van der Waals surface area contributed by atoms with Gasteiger partial charge in [-0.05, 0) is 39.7 Å². The Morgan fingerprint density at radius 2 is 1.21 bits per heavy atom. The van der Waals surface area contributed by atoms with Gasteiger partial charge in [0, 0.05) is 5.92 Å². The summed E-state index contributed by atoms with van der Waals surface area (Å²) < 4.78 is 5.66. The Morgan fingerprint density at radius 3 is 1.77 bits per heavy atom. The molecule has 0 unspecified atom stereocenters. The van der Waals surface area contributed by atoms with Crippen molar-refractivity contribution in [3.63, 3.8) is 0 Å². The molecule has 4 rings (SSSR count). The normalized spacial score (nSPS) is 13.8. The van der Waals surface area contributed by atoms with Crippen LogP contribution in [-0.2, 0) is 19.1 Å². The van der Waals surface area contributed by atoms with Crippen LogP contribution in [0.1, 0.15) is 56.5 Å². The highest BCUT2D eigenvalue weighted by molar-refractivity contribution is 5.90. The summed E-state index contributed by atoms with van der Waals surface area (Å²) in [5.41, 5.74) is 4.86. The number of alkyl carbamates (subject to hydrolysis) is 1. The molecule has 0 radical (unpaired) electrons. The molecule has 0 heterocycles. The third-order valence-corrected chi connectivity index (χ3v) is 7.91. The van der Waals surface area contributed by atoms with Crippen molar-refractivity contribution in [2.75, 3.05) is 13.2 Å². The fourth-order valence-corrected chi connectivity index (χ4v) is 5.50. The van der Waals surface area contributed by atoms with E-state index in [0.717, 1.165) is 22.3 Å². The van der Waals surface area contributed by atoms with Gasteiger partial charge >= 0.3 is 18.1 Å². The highest BCUT2D eigenvalue weighted by Gasteiger charge is 2.32. The molecule has 0 fully saturated rings. The maximum Gasteiger partial charge on any atom is 0.407 e. The number of hydrogen-bond acceptors (Lipinski definition) is 6. The topological polar surface area (TPSA) is 175 Å². The number of aliphatic carboxylic acids is 1. The van der Waals surface area contributed by atoms with Gasteiger partial charge in [0.2, 0.25) is 11.8 Å². The minimum absolute atomic E-state index is 0.0811. The van der Waals surface area contributed by atoms with Crippen LogP contribution in [0, 0.1) is 11.8 Å². The number of carboxylic acid groups (broad SMARTS) is 1. The lowest BCUT2D eigenvalue weighted by Crippen LogP contribution is -2.56. The monoisotopic (exact) mass is 643 g/mol. The second-order valence-electron chi connectivity index (χ2n) is 12.0. The summed E-state index contributed by atoms with van der Waals surface area (Å²) in [5, 5.41) is 21.9. The number of carbonyl (C=O) groups is 5. The number of carbonyl (C=O) groups excluding carboxylic acids is 4. The lowest BCUT2D eigenvalue weighted by Gasteiger charge is -2.28. The maximum atomic E-state index is 13.6. The van der Waals surface area contributed by atoms with Crippen molar-refractivity contribution in [3.05, 3.63) is 95.6 Å². The van der Waals surface area contributed by atoms with Gasteiger partial charge in [0.25, 0.3) is 0 Å². The first-order valence-electron chi connectivity index (χ1n) is 15.5. The van der Waals surface area contributed by atoms with Gasteiger partial charge in [0.05, 0.1) is 0 Å². The third-order valence-electron chi connectivity index (χ3n) is 7.91. The highest BCUT2D eigenvalue weighted by atomic mass is 16.5. The van der Waals surface area contributed by atoms with Crippen molar-refractivity contribution in [1.82, 2.24) is 26.6 Å². The quantitative estimate of drug-likeness (QED) is 0.153. The van der Waals surface area contributed by atoms with Crippen molar-refractivity contribution >= 4 is 29.9 Å². The predicted octanol–water partition coefficient (Wildman–Crippen LogP) is 3.89. The van der Waals surface area contributed by atoms with Crippen LogP contribution in [0.3, 0.4) is 0 Å². The standard InChI is InChI=1S/C35H41N5O7/c1-20(2)29(32(43)36-18-28(41)42)37-34(45)40-31(22-12-6-5-7-13-22)39-33(44)30(21(3)4)38-35(46)47-19-27-25-16-10-8-14-23(25)24-15-9-11-17-26(24)27/h5-17,20-21,27,29-31H,18-19H2,1-4H3,(H,36,43)(H,38,46)(H,39,44)(H,41,42)(H2,37,40,45)/t29-,30-,31+/m0/s1. The number of hydrogen-bond donors (Lipinski definition) is 6. The summed E-state index contributed by atoms with van der Waals surface area (Å²) in [4.78, 5) is 63.2. The number of nitrogens with one attached hydrogen (secondary N) is 5. The van der Waals surface area contributed by atoms with Gasteiger partial charge < -0.3 is 36.4 Å². The smallest absolute Gasteiger partial charge is 0.407 e. The zero-order chi connectivity index (χ0) is 34.1. The van der Waals surface area contributed by atoms with Gasteiger partial charge in [-0.2, -0.15) is 0 Å². The molecule has 12 heteroatoms. The molecule has 1 aliphatic rings. The molecule has 0 spiro atoms. The molecule has 248 valence electrons. The Balaban J connectivity index is 1.42. The van der Waals surface area contributed by atoms with Crippen LogP contribution < -0.4 is 26.6 Å². The number of fused-ring (bicyclic) bond motifs is 3. The van der Waals surface area contributed by atoms with Gasteiger partial charge in [0.15, 0.2) is 0 Å². The van der Waals surface area contributed by atoms with E-state index in [9.17, 15) is 24.0 Å². The number of carboxylic acids is 1. The van der Waals surface area contributed by atoms with Gasteiger partial charge in [-0.1, -0.05) is 107 Å². The molecule has 0 saturated heterocycles. The van der Waals surface area contributed by atoms with Crippen LogP contribution in [-0.4, -0.2) is 60.2 Å². The van der Waals surface area contributed by atoms with E-state index in [4.69, 9.17) is 9.84 Å².